The number of benzene rings is 2. The molecular formula is C37H43N7O12S2. The predicted octanol–water partition coefficient (Wildman–Crippen LogP) is 1.53. The van der Waals surface area contributed by atoms with Gasteiger partial charge in [-0.3, -0.25) is 19.2 Å². The summed E-state index contributed by atoms with van der Waals surface area (Å²) in [5.74, 6) is -0.463. The highest BCUT2D eigenvalue weighted by Crippen LogP contribution is 2.17. The molecule has 0 spiro atoms. The van der Waals surface area contributed by atoms with Crippen LogP contribution < -0.4 is 37.0 Å². The molecule has 0 unspecified atom stereocenters. The van der Waals surface area contributed by atoms with E-state index in [9.17, 15) is 45.6 Å². The van der Waals surface area contributed by atoms with Crippen LogP contribution in [0, 0.1) is 20.8 Å². The number of aryl methyl sites for hydroxylation is 3. The van der Waals surface area contributed by atoms with Crippen LogP contribution in [0.25, 0.3) is 21.8 Å². The Morgan fingerprint density at radius 1 is 0.810 bits per heavy atom. The summed E-state index contributed by atoms with van der Waals surface area (Å²) < 4.78 is 59.5. The third-order valence-corrected chi connectivity index (χ3v) is 10.1. The second-order valence-electron chi connectivity index (χ2n) is 13.3. The fourth-order valence-electron chi connectivity index (χ4n) is 5.68. The number of aromatic nitrogens is 5. The number of fused-ring (bicyclic) bond motifs is 2. The van der Waals surface area contributed by atoms with Gasteiger partial charge in [0.25, 0.3) is 33.0 Å². The Bertz CT molecular complexity index is 2970. The number of carbonyl (C=O) groups is 2. The number of sulfone groups is 1. The quantitative estimate of drug-likeness (QED) is 0.187. The first-order valence-electron chi connectivity index (χ1n) is 17.2. The Labute approximate surface area is 331 Å². The summed E-state index contributed by atoms with van der Waals surface area (Å²) in [6.07, 6.45) is 5.52. The predicted molar refractivity (Wildman–Crippen MR) is 217 cm³/mol. The summed E-state index contributed by atoms with van der Waals surface area (Å²) in [5, 5.41) is 2.90. The number of amides is 2. The Hall–Kier alpha value is -6.48. The van der Waals surface area contributed by atoms with Gasteiger partial charge >= 0.3 is 11.4 Å². The van der Waals surface area contributed by atoms with Crippen LogP contribution >= 0.6 is 0 Å². The van der Waals surface area contributed by atoms with Crippen LogP contribution in [0.2, 0.25) is 0 Å². The highest BCUT2D eigenvalue weighted by molar-refractivity contribution is 7.92. The van der Waals surface area contributed by atoms with Crippen molar-refractivity contribution in [3.63, 3.8) is 0 Å². The van der Waals surface area contributed by atoms with Crippen molar-refractivity contribution in [2.24, 2.45) is 0 Å². The molecule has 0 saturated carbocycles. The molecule has 19 nitrogen and oxygen atoms in total. The minimum atomic E-state index is -4.20. The van der Waals surface area contributed by atoms with Gasteiger partial charge in [0.2, 0.25) is 5.91 Å². The normalized spacial score (nSPS) is 11.3. The molecular weight excluding hydrogens is 799 g/mol. The maximum Gasteiger partial charge on any atom is 0.349 e. The third-order valence-electron chi connectivity index (χ3n) is 8.36. The zero-order chi connectivity index (χ0) is 43.3. The van der Waals surface area contributed by atoms with E-state index in [1.54, 1.807) is 32.2 Å². The molecule has 6 rings (SSSR count). The number of hydrogen-bond donors (Lipinski definition) is 3. The molecule has 2 aromatic carbocycles. The smallest absolute Gasteiger partial charge is 0.349 e. The Balaban J connectivity index is 0.000000216. The average Bonchev–Trinajstić information content (AvgIpc) is 3.79. The number of rotatable bonds is 9. The fraction of sp³-hybridized carbons (Fsp3) is 0.297. The first-order valence-corrected chi connectivity index (χ1v) is 21.1. The van der Waals surface area contributed by atoms with Gasteiger partial charge in [0.15, 0.2) is 9.84 Å². The van der Waals surface area contributed by atoms with Crippen molar-refractivity contribution in [2.75, 3.05) is 24.0 Å². The van der Waals surface area contributed by atoms with Crippen LogP contribution in [0.4, 0.5) is 0 Å². The van der Waals surface area contributed by atoms with Crippen molar-refractivity contribution in [3.8, 4) is 5.95 Å². The second kappa shape index (κ2) is 17.8. The van der Waals surface area contributed by atoms with Gasteiger partial charge in [-0.15, -0.1) is 9.09 Å². The largest absolute Gasteiger partial charge is 0.468 e. The Morgan fingerprint density at radius 3 is 1.84 bits per heavy atom. The summed E-state index contributed by atoms with van der Waals surface area (Å²) in [7, 11) is -6.13. The molecule has 0 atom stereocenters. The molecule has 58 heavy (non-hydrogen) atoms. The van der Waals surface area contributed by atoms with Crippen LogP contribution in [0.3, 0.4) is 0 Å². The van der Waals surface area contributed by atoms with E-state index in [0.29, 0.717) is 45.3 Å². The summed E-state index contributed by atoms with van der Waals surface area (Å²) in [4.78, 5) is 77.4. The molecule has 0 aliphatic rings. The second-order valence-corrected chi connectivity index (χ2v) is 17.2. The van der Waals surface area contributed by atoms with E-state index >= 15 is 0 Å². The number of ether oxygens (including phenoxy) is 1. The monoisotopic (exact) mass is 841 g/mol. The van der Waals surface area contributed by atoms with E-state index < -0.39 is 54.1 Å². The number of H-pyrrole nitrogens is 2. The Morgan fingerprint density at radius 2 is 1.36 bits per heavy atom. The van der Waals surface area contributed by atoms with Crippen LogP contribution in [0.15, 0.2) is 84.5 Å². The maximum absolute atomic E-state index is 12.7. The molecule has 21 heteroatoms. The zero-order valence-electron chi connectivity index (χ0n) is 32.9. The SMILES string of the molecule is CC(=O)NCc1cc2c(=O)n(N(C(C)=O)S(C)(=O)=O)c(=O)[nH]c2cc1C.COc1ccc(C)o1.Cc1cc2[nH]c(=O)n(CS(C)(=O)=O)c(=O)c2cc1Cn1cccc1. The van der Waals surface area contributed by atoms with Crippen molar-refractivity contribution < 1.29 is 35.6 Å². The van der Waals surface area contributed by atoms with E-state index in [-0.39, 0.29) is 32.4 Å². The maximum atomic E-state index is 12.7. The van der Waals surface area contributed by atoms with Crippen LogP contribution in [0.5, 0.6) is 5.95 Å². The van der Waals surface area contributed by atoms with Crippen molar-refractivity contribution in [2.45, 2.75) is 53.6 Å². The van der Waals surface area contributed by atoms with E-state index in [0.717, 1.165) is 30.1 Å². The standard InChI is InChI=1S/C16H17N3O4S.C15H18N4O6S.C6H8O2/c1-11-7-14-13(8-12(11)9-18-5-3-4-6-18)15(20)19(16(21)17-14)10-24(2,22)23;1-8-5-13-12(6-11(8)7-16-9(2)20)14(22)18(15(23)17-13)19(10(3)21)26(4,24)25;1-5-3-4-6(7-2)8-5/h3-8H,9-10H2,1-2H3,(H,17,21);5-6H,7H2,1-4H3,(H,16,20)(H,17,23);3-4H,1-2H3. The zero-order valence-corrected chi connectivity index (χ0v) is 34.5. The molecule has 0 fully saturated rings. The average molecular weight is 842 g/mol. The highest BCUT2D eigenvalue weighted by Gasteiger charge is 2.26. The Kier molecular flexibility index (Phi) is 13.5. The van der Waals surface area contributed by atoms with Gasteiger partial charge in [-0.1, -0.05) is 0 Å². The number of methoxy groups -OCH3 is 1. The van der Waals surface area contributed by atoms with Crippen LogP contribution in [-0.2, 0) is 48.4 Å². The van der Waals surface area contributed by atoms with Crippen LogP contribution in [-0.4, -0.2) is 72.0 Å². The summed E-state index contributed by atoms with van der Waals surface area (Å²) in [5.41, 5.74) is 0.429. The lowest BCUT2D eigenvalue weighted by Gasteiger charge is -2.19. The molecule has 0 aliphatic heterocycles. The van der Waals surface area contributed by atoms with Gasteiger partial charge in [0, 0.05) is 51.7 Å². The van der Waals surface area contributed by atoms with E-state index in [1.807, 2.05) is 49.0 Å². The topological polar surface area (TPSA) is 255 Å². The third kappa shape index (κ3) is 10.9. The van der Waals surface area contributed by atoms with Crippen molar-refractivity contribution >= 4 is 53.5 Å². The van der Waals surface area contributed by atoms with Gasteiger partial charge in [-0.05, 0) is 85.5 Å². The van der Waals surface area contributed by atoms with Gasteiger partial charge in [-0.25, -0.2) is 31.0 Å². The van der Waals surface area contributed by atoms with Gasteiger partial charge in [0.05, 0.1) is 35.2 Å². The fourth-order valence-corrected chi connectivity index (χ4v) is 7.29. The molecule has 0 radical (unpaired) electrons. The van der Waals surface area contributed by atoms with Crippen LogP contribution in [0.1, 0.15) is 41.9 Å². The lowest BCUT2D eigenvalue weighted by molar-refractivity contribution is -0.119. The number of hydrogen-bond acceptors (Lipinski definition) is 12. The molecule has 2 amide bonds. The molecule has 0 bridgehead atoms. The number of nitrogens with zero attached hydrogens (tertiary/aromatic N) is 4. The first-order chi connectivity index (χ1) is 27.0. The minimum Gasteiger partial charge on any atom is -0.468 e. The van der Waals surface area contributed by atoms with Gasteiger partial charge < -0.3 is 29.0 Å². The lowest BCUT2D eigenvalue weighted by Crippen LogP contribution is -2.55. The summed E-state index contributed by atoms with van der Waals surface area (Å²) in [6, 6.07) is 13.9. The number of sulfonamides is 1. The molecule has 4 heterocycles. The number of carbonyl (C=O) groups excluding carboxylic acids is 2. The highest BCUT2D eigenvalue weighted by atomic mass is 32.2. The first kappa shape index (κ1) is 44.2. The van der Waals surface area contributed by atoms with Crippen molar-refractivity contribution in [1.82, 2.24) is 29.1 Å². The molecule has 4 aromatic heterocycles. The molecule has 3 N–H and O–H groups in total. The lowest BCUT2D eigenvalue weighted by atomic mass is 10.1. The molecule has 0 saturated heterocycles. The minimum absolute atomic E-state index is 0.00505. The molecule has 310 valence electrons. The van der Waals surface area contributed by atoms with E-state index in [4.69, 9.17) is 9.15 Å². The van der Waals surface area contributed by atoms with Crippen molar-refractivity contribution in [3.05, 3.63) is 131 Å². The molecule has 0 aliphatic carbocycles. The summed E-state index contributed by atoms with van der Waals surface area (Å²) in [6.45, 7) is 8.52. The summed E-state index contributed by atoms with van der Waals surface area (Å²) >= 11 is 0. The number of aromatic amines is 2. The van der Waals surface area contributed by atoms with Crippen molar-refractivity contribution in [1.29, 1.82) is 0 Å². The van der Waals surface area contributed by atoms with E-state index in [2.05, 4.69) is 15.3 Å². The van der Waals surface area contributed by atoms with Gasteiger partial charge in [0.1, 0.15) is 11.6 Å². The number of nitrogens with one attached hydrogen (secondary N) is 3. The van der Waals surface area contributed by atoms with E-state index in [1.165, 1.54) is 19.1 Å². The molecule has 6 aromatic rings. The number of furan rings is 1. The van der Waals surface area contributed by atoms with Gasteiger partial charge in [-0.2, -0.15) is 0 Å².